The Morgan fingerprint density at radius 3 is 2.73 bits per heavy atom. The van der Waals surface area contributed by atoms with Crippen LogP contribution in [0.2, 0.25) is 0 Å². The molecule has 1 aliphatic carbocycles. The van der Waals surface area contributed by atoms with Gasteiger partial charge in [-0.05, 0) is 53.3 Å². The molecule has 0 bridgehead atoms. The van der Waals surface area contributed by atoms with E-state index in [-0.39, 0.29) is 11.8 Å². The molecule has 7 rings (SSSR count). The topological polar surface area (TPSA) is 70.2 Å². The molecule has 4 aromatic rings. The van der Waals surface area contributed by atoms with Crippen LogP contribution in [0.25, 0.3) is 23.1 Å². The van der Waals surface area contributed by atoms with E-state index in [0.717, 1.165) is 79.1 Å². The fourth-order valence-electron chi connectivity index (χ4n) is 6.04. The third-order valence-corrected chi connectivity index (χ3v) is 8.27. The molecular formula is C31H30N4O2. The Morgan fingerprint density at radius 2 is 1.86 bits per heavy atom. The highest BCUT2D eigenvalue weighted by atomic mass is 16.5. The third kappa shape index (κ3) is 3.97. The summed E-state index contributed by atoms with van der Waals surface area (Å²) in [5.41, 5.74) is 7.30. The lowest BCUT2D eigenvalue weighted by atomic mass is 9.92. The molecule has 3 aromatic carbocycles. The SMILES string of the molecule is O=C1Nc2ccccc2[C@]12C[C@H]2c1ccc2c(C=Cc3ccc(CCN4CCOCC4)cc3)n[nH]c2c1. The van der Waals surface area contributed by atoms with Crippen molar-refractivity contribution >= 4 is 34.6 Å². The van der Waals surface area contributed by atoms with E-state index < -0.39 is 5.41 Å². The van der Waals surface area contributed by atoms with Crippen LogP contribution in [0.4, 0.5) is 5.69 Å². The molecular weight excluding hydrogens is 460 g/mol. The number of fused-ring (bicyclic) bond motifs is 3. The van der Waals surface area contributed by atoms with E-state index in [2.05, 4.69) is 81.1 Å². The molecule has 6 heteroatoms. The molecule has 3 heterocycles. The number of morpholine rings is 1. The average Bonchev–Trinajstić information content (AvgIpc) is 3.48. The lowest BCUT2D eigenvalue weighted by molar-refractivity contribution is -0.118. The second-order valence-electron chi connectivity index (χ2n) is 10.4. The second-order valence-corrected chi connectivity index (χ2v) is 10.4. The Morgan fingerprint density at radius 1 is 1.03 bits per heavy atom. The first-order valence-electron chi connectivity index (χ1n) is 13.2. The summed E-state index contributed by atoms with van der Waals surface area (Å²) >= 11 is 0. The molecule has 2 aliphatic heterocycles. The number of aromatic nitrogens is 2. The summed E-state index contributed by atoms with van der Waals surface area (Å²) in [6.07, 6.45) is 6.10. The van der Waals surface area contributed by atoms with Gasteiger partial charge < -0.3 is 10.1 Å². The molecule has 1 amide bonds. The van der Waals surface area contributed by atoms with Crippen molar-refractivity contribution in [3.8, 4) is 0 Å². The zero-order valence-corrected chi connectivity index (χ0v) is 20.7. The highest BCUT2D eigenvalue weighted by molar-refractivity contribution is 6.09. The van der Waals surface area contributed by atoms with Gasteiger partial charge in [-0.2, -0.15) is 5.10 Å². The number of anilines is 1. The largest absolute Gasteiger partial charge is 0.379 e. The van der Waals surface area contributed by atoms with Gasteiger partial charge in [0.15, 0.2) is 0 Å². The van der Waals surface area contributed by atoms with Crippen molar-refractivity contribution in [1.82, 2.24) is 15.1 Å². The van der Waals surface area contributed by atoms with E-state index in [9.17, 15) is 4.79 Å². The van der Waals surface area contributed by atoms with Crippen LogP contribution >= 0.6 is 0 Å². The minimum atomic E-state index is -0.415. The van der Waals surface area contributed by atoms with Gasteiger partial charge in [0.2, 0.25) is 5.91 Å². The Labute approximate surface area is 216 Å². The smallest absolute Gasteiger partial charge is 0.235 e. The molecule has 186 valence electrons. The molecule has 6 nitrogen and oxygen atoms in total. The van der Waals surface area contributed by atoms with Gasteiger partial charge in [-0.15, -0.1) is 0 Å². The average molecular weight is 491 g/mol. The molecule has 1 saturated heterocycles. The minimum Gasteiger partial charge on any atom is -0.379 e. The summed E-state index contributed by atoms with van der Waals surface area (Å²) < 4.78 is 5.43. The molecule has 2 N–H and O–H groups in total. The van der Waals surface area contributed by atoms with Gasteiger partial charge in [0, 0.05) is 36.6 Å². The number of para-hydroxylation sites is 1. The standard InChI is InChI=1S/C31H30N4O2/c36-30-31(25-3-1-2-4-28(25)32-30)20-26(31)23-10-11-24-27(33-34-29(24)19-23)12-9-21-5-7-22(8-6-21)13-14-35-15-17-37-18-16-35/h1-12,19,26H,13-18,20H2,(H,32,36)(H,33,34)/t26-,31-/m0/s1. The number of rotatable bonds is 6. The first kappa shape index (κ1) is 22.5. The van der Waals surface area contributed by atoms with Crippen LogP contribution in [0.3, 0.4) is 0 Å². The van der Waals surface area contributed by atoms with Crippen molar-refractivity contribution in [2.75, 3.05) is 38.2 Å². The van der Waals surface area contributed by atoms with E-state index in [1.165, 1.54) is 11.1 Å². The van der Waals surface area contributed by atoms with Gasteiger partial charge >= 0.3 is 0 Å². The van der Waals surface area contributed by atoms with Crippen LogP contribution in [-0.4, -0.2) is 53.9 Å². The Hall–Kier alpha value is -3.74. The maximum Gasteiger partial charge on any atom is 0.235 e. The highest BCUT2D eigenvalue weighted by Gasteiger charge is 2.65. The van der Waals surface area contributed by atoms with Crippen molar-refractivity contribution in [2.45, 2.75) is 24.2 Å². The molecule has 37 heavy (non-hydrogen) atoms. The number of H-pyrrole nitrogens is 1. The normalized spacial score (nSPS) is 23.1. The second kappa shape index (κ2) is 8.98. The van der Waals surface area contributed by atoms with E-state index >= 15 is 0 Å². The summed E-state index contributed by atoms with van der Waals surface area (Å²) in [7, 11) is 0. The molecule has 0 unspecified atom stereocenters. The van der Waals surface area contributed by atoms with Crippen molar-refractivity contribution < 1.29 is 9.53 Å². The maximum atomic E-state index is 12.9. The van der Waals surface area contributed by atoms with Crippen LogP contribution in [0.15, 0.2) is 66.7 Å². The maximum absolute atomic E-state index is 12.9. The van der Waals surface area contributed by atoms with Gasteiger partial charge in [0.05, 0.1) is 29.8 Å². The molecule has 2 atom stereocenters. The molecule has 3 aliphatic rings. The lowest BCUT2D eigenvalue weighted by Crippen LogP contribution is -2.37. The zero-order valence-electron chi connectivity index (χ0n) is 20.7. The number of hydrogen-bond acceptors (Lipinski definition) is 4. The van der Waals surface area contributed by atoms with E-state index in [0.29, 0.717) is 0 Å². The fraction of sp³-hybridized carbons (Fsp3) is 0.290. The fourth-order valence-corrected chi connectivity index (χ4v) is 6.04. The number of amides is 1. The van der Waals surface area contributed by atoms with Gasteiger partial charge in [-0.25, -0.2) is 0 Å². The first-order chi connectivity index (χ1) is 18.2. The summed E-state index contributed by atoms with van der Waals surface area (Å²) in [4.78, 5) is 15.3. The summed E-state index contributed by atoms with van der Waals surface area (Å²) in [5, 5.41) is 11.9. The quantitative estimate of drug-likeness (QED) is 0.400. The van der Waals surface area contributed by atoms with E-state index in [4.69, 9.17) is 4.74 Å². The molecule has 2 fully saturated rings. The van der Waals surface area contributed by atoms with Crippen LogP contribution < -0.4 is 5.32 Å². The number of hydrogen-bond donors (Lipinski definition) is 2. The Bertz CT molecular complexity index is 1500. The molecule has 1 spiro atoms. The van der Waals surface area contributed by atoms with Crippen molar-refractivity contribution in [2.24, 2.45) is 0 Å². The van der Waals surface area contributed by atoms with Crippen molar-refractivity contribution in [3.63, 3.8) is 0 Å². The third-order valence-electron chi connectivity index (χ3n) is 8.27. The monoisotopic (exact) mass is 490 g/mol. The first-order valence-corrected chi connectivity index (χ1v) is 13.2. The zero-order chi connectivity index (χ0) is 24.8. The summed E-state index contributed by atoms with van der Waals surface area (Å²) in [5.74, 6) is 0.323. The predicted molar refractivity (Wildman–Crippen MR) is 147 cm³/mol. The summed E-state index contributed by atoms with van der Waals surface area (Å²) in [6.45, 7) is 4.84. The molecule has 1 saturated carbocycles. The van der Waals surface area contributed by atoms with Crippen molar-refractivity contribution in [3.05, 3.63) is 94.7 Å². The minimum absolute atomic E-state index is 0.124. The molecule has 0 radical (unpaired) electrons. The van der Waals surface area contributed by atoms with Gasteiger partial charge in [-0.3, -0.25) is 14.8 Å². The van der Waals surface area contributed by atoms with Crippen LogP contribution in [0.1, 0.15) is 40.3 Å². The van der Waals surface area contributed by atoms with Crippen LogP contribution in [0, 0.1) is 0 Å². The summed E-state index contributed by atoms with van der Waals surface area (Å²) in [6, 6.07) is 23.3. The number of carbonyl (C=O) groups excluding carboxylic acids is 1. The number of carbonyl (C=O) groups is 1. The lowest BCUT2D eigenvalue weighted by Gasteiger charge is -2.26. The van der Waals surface area contributed by atoms with E-state index in [1.807, 2.05) is 18.2 Å². The van der Waals surface area contributed by atoms with Crippen molar-refractivity contribution in [1.29, 1.82) is 0 Å². The number of aromatic amines is 1. The Kier molecular flexibility index (Phi) is 5.45. The van der Waals surface area contributed by atoms with Gasteiger partial charge in [0.25, 0.3) is 0 Å². The van der Waals surface area contributed by atoms with Crippen LogP contribution in [-0.2, 0) is 21.4 Å². The predicted octanol–water partition coefficient (Wildman–Crippen LogP) is 4.99. The van der Waals surface area contributed by atoms with Gasteiger partial charge in [-0.1, -0.05) is 60.7 Å². The number of benzene rings is 3. The molecule has 1 aromatic heterocycles. The van der Waals surface area contributed by atoms with Crippen LogP contribution in [0.5, 0.6) is 0 Å². The Balaban J connectivity index is 1.04. The number of nitrogens with one attached hydrogen (secondary N) is 2. The van der Waals surface area contributed by atoms with Gasteiger partial charge in [0.1, 0.15) is 0 Å². The number of ether oxygens (including phenoxy) is 1. The number of nitrogens with zero attached hydrogens (tertiary/aromatic N) is 2. The van der Waals surface area contributed by atoms with E-state index in [1.54, 1.807) is 0 Å². The highest BCUT2D eigenvalue weighted by Crippen LogP contribution is 2.64.